The van der Waals surface area contributed by atoms with E-state index in [1.165, 1.54) is 18.4 Å². The fourth-order valence-electron chi connectivity index (χ4n) is 3.44. The van der Waals surface area contributed by atoms with E-state index < -0.39 is 0 Å². The molecule has 3 rings (SSSR count). The number of amides is 1. The van der Waals surface area contributed by atoms with Crippen molar-refractivity contribution >= 4 is 28.5 Å². The van der Waals surface area contributed by atoms with Crippen molar-refractivity contribution in [3.8, 4) is 0 Å². The number of halogens is 1. The average molecular weight is 384 g/mol. The first-order valence-electron chi connectivity index (χ1n) is 7.34. The van der Waals surface area contributed by atoms with E-state index in [0.29, 0.717) is 18.1 Å². The maximum Gasteiger partial charge on any atom is 0.253 e. The van der Waals surface area contributed by atoms with Gasteiger partial charge < -0.3 is 10.2 Å². The summed E-state index contributed by atoms with van der Waals surface area (Å²) in [7, 11) is 1.96. The van der Waals surface area contributed by atoms with Crippen LogP contribution >= 0.6 is 22.6 Å². The Morgan fingerprint density at radius 2 is 1.95 bits per heavy atom. The predicted molar refractivity (Wildman–Crippen MR) is 89.0 cm³/mol. The molecule has 20 heavy (non-hydrogen) atoms. The van der Waals surface area contributed by atoms with Crippen molar-refractivity contribution in [1.82, 2.24) is 10.2 Å². The van der Waals surface area contributed by atoms with Crippen LogP contribution in [0, 0.1) is 10.5 Å². The molecule has 0 spiro atoms. The van der Waals surface area contributed by atoms with Crippen LogP contribution in [0.5, 0.6) is 0 Å². The first-order chi connectivity index (χ1) is 9.54. The number of benzene rings is 1. The summed E-state index contributed by atoms with van der Waals surface area (Å²) < 4.78 is 1.16. The fraction of sp³-hybridized carbons (Fsp3) is 0.562. The van der Waals surface area contributed by atoms with Gasteiger partial charge in [-0.2, -0.15) is 0 Å². The van der Waals surface area contributed by atoms with Crippen LogP contribution in [0.15, 0.2) is 18.2 Å². The zero-order chi connectivity index (χ0) is 14.3. The lowest BCUT2D eigenvalue weighted by atomic mass is 9.98. The van der Waals surface area contributed by atoms with Gasteiger partial charge in [0.1, 0.15) is 0 Å². The van der Waals surface area contributed by atoms with E-state index >= 15 is 0 Å². The minimum absolute atomic E-state index is 0.161. The van der Waals surface area contributed by atoms with E-state index in [1.807, 2.05) is 30.1 Å². The van der Waals surface area contributed by atoms with Gasteiger partial charge in [0.15, 0.2) is 0 Å². The highest BCUT2D eigenvalue weighted by Gasteiger charge is 2.36. The molecule has 0 radical (unpaired) electrons. The molecule has 4 heteroatoms. The molecule has 2 saturated heterocycles. The second-order valence-corrected chi connectivity index (χ2v) is 7.31. The normalized spacial score (nSPS) is 28.4. The smallest absolute Gasteiger partial charge is 0.253 e. The van der Waals surface area contributed by atoms with E-state index in [1.54, 1.807) is 0 Å². The second kappa shape index (κ2) is 5.64. The minimum Gasteiger partial charge on any atom is -0.339 e. The van der Waals surface area contributed by atoms with Crippen molar-refractivity contribution in [1.29, 1.82) is 0 Å². The number of rotatable bonds is 2. The van der Waals surface area contributed by atoms with Crippen LogP contribution in [0.4, 0.5) is 0 Å². The number of nitrogens with one attached hydrogen (secondary N) is 1. The Morgan fingerprint density at radius 3 is 2.55 bits per heavy atom. The van der Waals surface area contributed by atoms with Gasteiger partial charge in [0.25, 0.3) is 5.91 Å². The standard InChI is InChI=1S/C16H21IN2O/c1-10-3-4-11(7-15(10)17)16(20)19(2)14-8-12-5-6-13(9-14)18-12/h3-4,7,12-14,18H,5-6,8-9H2,1-2H3. The Labute approximate surface area is 134 Å². The molecule has 108 valence electrons. The molecule has 0 aliphatic carbocycles. The number of hydrogen-bond donors (Lipinski definition) is 1. The van der Waals surface area contributed by atoms with Gasteiger partial charge in [0, 0.05) is 34.3 Å². The Morgan fingerprint density at radius 1 is 1.30 bits per heavy atom. The van der Waals surface area contributed by atoms with Crippen LogP contribution in [-0.2, 0) is 0 Å². The van der Waals surface area contributed by atoms with Crippen molar-refractivity contribution in [3.63, 3.8) is 0 Å². The Balaban J connectivity index is 1.74. The molecule has 2 atom stereocenters. The van der Waals surface area contributed by atoms with Crippen LogP contribution < -0.4 is 5.32 Å². The van der Waals surface area contributed by atoms with Crippen LogP contribution in [0.25, 0.3) is 0 Å². The number of nitrogens with zero attached hydrogens (tertiary/aromatic N) is 1. The highest BCUT2D eigenvalue weighted by atomic mass is 127. The second-order valence-electron chi connectivity index (χ2n) is 6.14. The van der Waals surface area contributed by atoms with Crippen LogP contribution in [0.2, 0.25) is 0 Å². The molecule has 3 nitrogen and oxygen atoms in total. The van der Waals surface area contributed by atoms with Gasteiger partial charge in [0.2, 0.25) is 0 Å². The minimum atomic E-state index is 0.161. The van der Waals surface area contributed by atoms with Crippen LogP contribution in [0.1, 0.15) is 41.6 Å². The molecule has 1 N–H and O–H groups in total. The summed E-state index contributed by atoms with van der Waals surface area (Å²) in [5.74, 6) is 0.161. The lowest BCUT2D eigenvalue weighted by molar-refractivity contribution is 0.0681. The first kappa shape index (κ1) is 14.3. The van der Waals surface area contributed by atoms with Crippen molar-refractivity contribution in [2.75, 3.05) is 7.05 Å². The predicted octanol–water partition coefficient (Wildman–Crippen LogP) is 2.95. The van der Waals surface area contributed by atoms with Crippen molar-refractivity contribution in [3.05, 3.63) is 32.9 Å². The third-order valence-corrected chi connectivity index (χ3v) is 5.90. The molecule has 0 saturated carbocycles. The molecule has 1 amide bonds. The SMILES string of the molecule is Cc1ccc(C(=O)N(C)C2CC3CCC(C2)N3)cc1I. The maximum absolute atomic E-state index is 12.6. The molecular weight excluding hydrogens is 363 g/mol. The van der Waals surface area contributed by atoms with Gasteiger partial charge in [-0.25, -0.2) is 0 Å². The van der Waals surface area contributed by atoms with Gasteiger partial charge >= 0.3 is 0 Å². The van der Waals surface area contributed by atoms with E-state index in [9.17, 15) is 4.79 Å². The summed E-state index contributed by atoms with van der Waals surface area (Å²) in [5.41, 5.74) is 2.04. The van der Waals surface area contributed by atoms with E-state index in [0.717, 1.165) is 22.0 Å². The molecule has 1 aromatic carbocycles. The number of carbonyl (C=O) groups excluding carboxylic acids is 1. The number of piperidine rings is 1. The molecule has 2 unspecified atom stereocenters. The number of hydrogen-bond acceptors (Lipinski definition) is 2. The molecule has 0 aromatic heterocycles. The van der Waals surface area contributed by atoms with E-state index in [2.05, 4.69) is 34.8 Å². The summed E-state index contributed by atoms with van der Waals surface area (Å²) in [5, 5.41) is 3.63. The Bertz CT molecular complexity index is 519. The third kappa shape index (κ3) is 2.72. The lowest BCUT2D eigenvalue weighted by Crippen LogP contribution is -2.48. The Kier molecular flexibility index (Phi) is 4.04. The van der Waals surface area contributed by atoms with Gasteiger partial charge in [-0.3, -0.25) is 4.79 Å². The summed E-state index contributed by atoms with van der Waals surface area (Å²) in [6, 6.07) is 7.62. The number of fused-ring (bicyclic) bond motifs is 2. The van der Waals surface area contributed by atoms with E-state index in [-0.39, 0.29) is 5.91 Å². The highest BCUT2D eigenvalue weighted by molar-refractivity contribution is 14.1. The molecular formula is C16H21IN2O. The zero-order valence-electron chi connectivity index (χ0n) is 12.0. The van der Waals surface area contributed by atoms with Crippen LogP contribution in [0.3, 0.4) is 0 Å². The van der Waals surface area contributed by atoms with Gasteiger partial charge in [0.05, 0.1) is 0 Å². The quantitative estimate of drug-likeness (QED) is 0.796. The monoisotopic (exact) mass is 384 g/mol. The summed E-state index contributed by atoms with van der Waals surface area (Å²) in [4.78, 5) is 14.6. The molecule has 2 aliphatic rings. The van der Waals surface area contributed by atoms with E-state index in [4.69, 9.17) is 0 Å². The molecule has 2 fully saturated rings. The molecule has 1 aromatic rings. The van der Waals surface area contributed by atoms with Crippen LogP contribution in [-0.4, -0.2) is 36.0 Å². The highest BCUT2D eigenvalue weighted by Crippen LogP contribution is 2.30. The molecule has 2 heterocycles. The van der Waals surface area contributed by atoms with Crippen molar-refractivity contribution in [2.45, 2.75) is 50.7 Å². The Hall–Kier alpha value is -0.620. The van der Waals surface area contributed by atoms with Gasteiger partial charge in [-0.1, -0.05) is 6.07 Å². The summed E-state index contributed by atoms with van der Waals surface area (Å²) >= 11 is 2.30. The largest absolute Gasteiger partial charge is 0.339 e. The zero-order valence-corrected chi connectivity index (χ0v) is 14.2. The summed E-state index contributed by atoms with van der Waals surface area (Å²) in [6.07, 6.45) is 4.74. The number of carbonyl (C=O) groups is 1. The van der Waals surface area contributed by atoms with Gasteiger partial charge in [-0.15, -0.1) is 0 Å². The average Bonchev–Trinajstić information content (AvgIpc) is 2.79. The van der Waals surface area contributed by atoms with Crippen molar-refractivity contribution < 1.29 is 4.79 Å². The molecule has 2 aliphatic heterocycles. The van der Waals surface area contributed by atoms with Gasteiger partial charge in [-0.05, 0) is 72.9 Å². The first-order valence-corrected chi connectivity index (χ1v) is 8.42. The topological polar surface area (TPSA) is 32.3 Å². The fourth-order valence-corrected chi connectivity index (χ4v) is 3.95. The maximum atomic E-state index is 12.6. The van der Waals surface area contributed by atoms with Crippen molar-refractivity contribution in [2.24, 2.45) is 0 Å². The number of aryl methyl sites for hydroxylation is 1. The summed E-state index contributed by atoms with van der Waals surface area (Å²) in [6.45, 7) is 2.07. The third-order valence-electron chi connectivity index (χ3n) is 4.74. The molecule has 2 bridgehead atoms. The lowest BCUT2D eigenvalue weighted by Gasteiger charge is -2.35.